The molecule has 2 unspecified atom stereocenters. The summed E-state index contributed by atoms with van der Waals surface area (Å²) in [4.78, 5) is 0. The summed E-state index contributed by atoms with van der Waals surface area (Å²) in [5.74, 6) is 0. The zero-order chi connectivity index (χ0) is 10.4. The van der Waals surface area contributed by atoms with Crippen LogP contribution in [0.2, 0.25) is 0 Å². The van der Waals surface area contributed by atoms with Gasteiger partial charge in [-0.2, -0.15) is 0 Å². The smallest absolute Gasteiger partial charge is 0.0876 e. The van der Waals surface area contributed by atoms with Crippen LogP contribution in [-0.4, -0.2) is 32.9 Å². The van der Waals surface area contributed by atoms with Crippen LogP contribution in [0.4, 0.5) is 0 Å². The van der Waals surface area contributed by atoms with Crippen LogP contribution in [-0.2, 0) is 9.47 Å². The normalized spacial score (nSPS) is 20.9. The Morgan fingerprint density at radius 1 is 1.64 bits per heavy atom. The summed E-state index contributed by atoms with van der Waals surface area (Å²) in [5, 5.41) is 3.30. The molecule has 1 heterocycles. The standard InChI is InChI=1S/C11H21NO2/c1-4-10(13-3)11(12-2)9-6-5-7-14-8-9/h8,10-12H,4-7H2,1-3H3. The Morgan fingerprint density at radius 2 is 2.43 bits per heavy atom. The average Bonchev–Trinajstić information content (AvgIpc) is 2.27. The van der Waals surface area contributed by atoms with Crippen LogP contribution in [0, 0.1) is 0 Å². The summed E-state index contributed by atoms with van der Waals surface area (Å²) in [6.07, 6.45) is 5.38. The van der Waals surface area contributed by atoms with Gasteiger partial charge in [-0.05, 0) is 31.9 Å². The Morgan fingerprint density at radius 3 is 2.86 bits per heavy atom. The summed E-state index contributed by atoms with van der Waals surface area (Å²) in [6, 6.07) is 0.297. The molecule has 3 heteroatoms. The largest absolute Gasteiger partial charge is 0.501 e. The van der Waals surface area contributed by atoms with Gasteiger partial charge in [0, 0.05) is 7.11 Å². The van der Waals surface area contributed by atoms with Crippen molar-refractivity contribution < 1.29 is 9.47 Å². The molecule has 0 spiro atoms. The Labute approximate surface area is 86.5 Å². The van der Waals surface area contributed by atoms with Gasteiger partial charge in [-0.3, -0.25) is 0 Å². The van der Waals surface area contributed by atoms with Gasteiger partial charge in [0.05, 0.1) is 25.0 Å². The summed E-state index contributed by atoms with van der Waals surface area (Å²) in [6.45, 7) is 2.99. The minimum absolute atomic E-state index is 0.243. The van der Waals surface area contributed by atoms with Crippen molar-refractivity contribution in [2.75, 3.05) is 20.8 Å². The van der Waals surface area contributed by atoms with E-state index in [0.717, 1.165) is 25.9 Å². The molecule has 0 saturated heterocycles. The second-order valence-electron chi connectivity index (χ2n) is 3.62. The number of likely N-dealkylation sites (N-methyl/N-ethyl adjacent to an activating group) is 1. The van der Waals surface area contributed by atoms with Crippen molar-refractivity contribution in [1.29, 1.82) is 0 Å². The molecule has 1 rings (SSSR count). The van der Waals surface area contributed by atoms with E-state index in [4.69, 9.17) is 9.47 Å². The van der Waals surface area contributed by atoms with E-state index in [0.29, 0.717) is 6.04 Å². The lowest BCUT2D eigenvalue weighted by Crippen LogP contribution is -2.40. The average molecular weight is 199 g/mol. The summed E-state index contributed by atoms with van der Waals surface area (Å²) in [5.41, 5.74) is 1.33. The molecule has 1 aliphatic heterocycles. The highest BCUT2D eigenvalue weighted by Gasteiger charge is 2.23. The SMILES string of the molecule is CCC(OC)C(NC)C1=COCCC1. The quantitative estimate of drug-likeness (QED) is 0.731. The van der Waals surface area contributed by atoms with Gasteiger partial charge in [-0.15, -0.1) is 0 Å². The molecule has 1 aliphatic rings. The highest BCUT2D eigenvalue weighted by molar-refractivity contribution is 5.12. The zero-order valence-electron chi connectivity index (χ0n) is 9.38. The summed E-state index contributed by atoms with van der Waals surface area (Å²) < 4.78 is 10.8. The van der Waals surface area contributed by atoms with E-state index in [1.165, 1.54) is 5.57 Å². The first kappa shape index (κ1) is 11.5. The Balaban J connectivity index is 2.63. The Hall–Kier alpha value is -0.540. The first-order chi connectivity index (χ1) is 6.83. The van der Waals surface area contributed by atoms with Gasteiger partial charge in [-0.1, -0.05) is 6.92 Å². The molecule has 2 atom stereocenters. The molecule has 1 N–H and O–H groups in total. The maximum absolute atomic E-state index is 5.45. The Bertz CT molecular complexity index is 188. The van der Waals surface area contributed by atoms with Crippen molar-refractivity contribution in [3.63, 3.8) is 0 Å². The summed E-state index contributed by atoms with van der Waals surface area (Å²) >= 11 is 0. The Kier molecular flexibility index (Phi) is 4.98. The van der Waals surface area contributed by atoms with Crippen molar-refractivity contribution in [2.45, 2.75) is 38.3 Å². The number of hydrogen-bond donors (Lipinski definition) is 1. The number of nitrogens with one attached hydrogen (secondary N) is 1. The van der Waals surface area contributed by atoms with E-state index in [1.54, 1.807) is 7.11 Å². The molecule has 0 aromatic heterocycles. The number of hydrogen-bond acceptors (Lipinski definition) is 3. The highest BCUT2D eigenvalue weighted by Crippen LogP contribution is 2.20. The highest BCUT2D eigenvalue weighted by atomic mass is 16.5. The van der Waals surface area contributed by atoms with Gasteiger partial charge in [0.1, 0.15) is 0 Å². The lowest BCUT2D eigenvalue weighted by molar-refractivity contribution is 0.0735. The lowest BCUT2D eigenvalue weighted by atomic mass is 9.96. The van der Waals surface area contributed by atoms with Crippen LogP contribution in [0.1, 0.15) is 26.2 Å². The van der Waals surface area contributed by atoms with Gasteiger partial charge >= 0.3 is 0 Å². The first-order valence-electron chi connectivity index (χ1n) is 5.34. The first-order valence-corrected chi connectivity index (χ1v) is 5.34. The van der Waals surface area contributed by atoms with Crippen LogP contribution in [0.5, 0.6) is 0 Å². The fourth-order valence-corrected chi connectivity index (χ4v) is 1.96. The molecule has 0 aliphatic carbocycles. The van der Waals surface area contributed by atoms with Crippen molar-refractivity contribution in [3.8, 4) is 0 Å². The van der Waals surface area contributed by atoms with Gasteiger partial charge in [-0.25, -0.2) is 0 Å². The number of ether oxygens (including phenoxy) is 2. The molecule has 0 radical (unpaired) electrons. The molecule has 0 aromatic rings. The van der Waals surface area contributed by atoms with Crippen LogP contribution in [0.3, 0.4) is 0 Å². The van der Waals surface area contributed by atoms with E-state index in [1.807, 2.05) is 13.3 Å². The molecule has 0 bridgehead atoms. The summed E-state index contributed by atoms with van der Waals surface area (Å²) in [7, 11) is 3.74. The van der Waals surface area contributed by atoms with E-state index in [9.17, 15) is 0 Å². The molecular weight excluding hydrogens is 178 g/mol. The molecule has 3 nitrogen and oxygen atoms in total. The molecular formula is C11H21NO2. The minimum atomic E-state index is 0.243. The van der Waals surface area contributed by atoms with Crippen molar-refractivity contribution in [2.24, 2.45) is 0 Å². The topological polar surface area (TPSA) is 30.5 Å². The van der Waals surface area contributed by atoms with E-state index >= 15 is 0 Å². The fourth-order valence-electron chi connectivity index (χ4n) is 1.96. The van der Waals surface area contributed by atoms with E-state index in [2.05, 4.69) is 12.2 Å². The predicted octanol–water partition coefficient (Wildman–Crippen LogP) is 1.69. The number of rotatable bonds is 5. The van der Waals surface area contributed by atoms with Crippen LogP contribution in [0.25, 0.3) is 0 Å². The van der Waals surface area contributed by atoms with E-state index < -0.39 is 0 Å². The van der Waals surface area contributed by atoms with Crippen molar-refractivity contribution in [1.82, 2.24) is 5.32 Å². The fraction of sp³-hybridized carbons (Fsp3) is 0.818. The molecule has 0 fully saturated rings. The number of methoxy groups -OCH3 is 1. The molecule has 0 saturated carbocycles. The van der Waals surface area contributed by atoms with Crippen LogP contribution < -0.4 is 5.32 Å². The maximum atomic E-state index is 5.45. The van der Waals surface area contributed by atoms with E-state index in [-0.39, 0.29) is 6.10 Å². The van der Waals surface area contributed by atoms with Gasteiger partial charge in [0.2, 0.25) is 0 Å². The maximum Gasteiger partial charge on any atom is 0.0876 e. The van der Waals surface area contributed by atoms with Crippen LogP contribution >= 0.6 is 0 Å². The molecule has 0 amide bonds. The van der Waals surface area contributed by atoms with Crippen molar-refractivity contribution in [3.05, 3.63) is 11.8 Å². The third-order valence-corrected chi connectivity index (χ3v) is 2.75. The molecule has 0 aromatic carbocycles. The van der Waals surface area contributed by atoms with Gasteiger partial charge in [0.25, 0.3) is 0 Å². The van der Waals surface area contributed by atoms with Crippen LogP contribution in [0.15, 0.2) is 11.8 Å². The molecule has 82 valence electrons. The third-order valence-electron chi connectivity index (χ3n) is 2.75. The minimum Gasteiger partial charge on any atom is -0.501 e. The van der Waals surface area contributed by atoms with Crippen molar-refractivity contribution >= 4 is 0 Å². The molecule has 14 heavy (non-hydrogen) atoms. The second kappa shape index (κ2) is 6.04. The van der Waals surface area contributed by atoms with Gasteiger partial charge in [0.15, 0.2) is 0 Å². The lowest BCUT2D eigenvalue weighted by Gasteiger charge is -2.28. The monoisotopic (exact) mass is 199 g/mol. The predicted molar refractivity (Wildman–Crippen MR) is 57.2 cm³/mol. The second-order valence-corrected chi connectivity index (χ2v) is 3.62. The zero-order valence-corrected chi connectivity index (χ0v) is 9.38. The van der Waals surface area contributed by atoms with Gasteiger partial charge < -0.3 is 14.8 Å². The third kappa shape index (κ3) is 2.72.